The van der Waals surface area contributed by atoms with E-state index < -0.39 is 0 Å². The van der Waals surface area contributed by atoms with E-state index in [1.165, 1.54) is 0 Å². The minimum atomic E-state index is -0.0231. The van der Waals surface area contributed by atoms with Crippen molar-refractivity contribution in [2.24, 2.45) is 11.7 Å². The Balaban J connectivity index is 1.52. The standard InChI is InChI=1S/C19H27N3O3/c20-15-6-3-5-14(11-15)19(24)21-16-7-4-8-17(12-16)25-13-18(23)22-9-1-2-10-22/h4,7-8,12,14-15H,1-3,5-6,9-11,13,20H2,(H,21,24). The van der Waals surface area contributed by atoms with Crippen LogP contribution in [0.1, 0.15) is 38.5 Å². The van der Waals surface area contributed by atoms with Gasteiger partial charge in [-0.15, -0.1) is 0 Å². The minimum absolute atomic E-state index is 0.0143. The Morgan fingerprint density at radius 2 is 2.00 bits per heavy atom. The lowest BCUT2D eigenvalue weighted by Gasteiger charge is -2.25. The fourth-order valence-corrected chi connectivity index (χ4v) is 3.58. The molecule has 2 fully saturated rings. The number of carbonyl (C=O) groups is 2. The molecule has 0 aromatic heterocycles. The number of carbonyl (C=O) groups excluding carboxylic acids is 2. The molecule has 2 atom stereocenters. The van der Waals surface area contributed by atoms with Crippen LogP contribution in [0.3, 0.4) is 0 Å². The number of amides is 2. The van der Waals surface area contributed by atoms with Crippen LogP contribution in [-0.2, 0) is 9.59 Å². The van der Waals surface area contributed by atoms with Crippen LogP contribution in [0.15, 0.2) is 24.3 Å². The van der Waals surface area contributed by atoms with Crippen molar-refractivity contribution in [3.05, 3.63) is 24.3 Å². The van der Waals surface area contributed by atoms with Crippen LogP contribution in [0.4, 0.5) is 5.69 Å². The maximum atomic E-state index is 12.4. The number of nitrogens with one attached hydrogen (secondary N) is 1. The highest BCUT2D eigenvalue weighted by Gasteiger charge is 2.25. The predicted molar refractivity (Wildman–Crippen MR) is 96.3 cm³/mol. The van der Waals surface area contributed by atoms with Gasteiger partial charge in [0.2, 0.25) is 5.91 Å². The molecule has 136 valence electrons. The number of ether oxygens (including phenoxy) is 1. The first-order valence-corrected chi connectivity index (χ1v) is 9.19. The zero-order chi connectivity index (χ0) is 17.6. The molecule has 3 rings (SSSR count). The number of likely N-dealkylation sites (tertiary alicyclic amines) is 1. The van der Waals surface area contributed by atoms with Crippen molar-refractivity contribution >= 4 is 17.5 Å². The molecule has 2 amide bonds. The Hall–Kier alpha value is -2.08. The Morgan fingerprint density at radius 3 is 2.76 bits per heavy atom. The molecule has 1 aromatic rings. The van der Waals surface area contributed by atoms with Crippen molar-refractivity contribution in [1.29, 1.82) is 0 Å². The monoisotopic (exact) mass is 345 g/mol. The molecular formula is C19H27N3O3. The van der Waals surface area contributed by atoms with Crippen LogP contribution in [0.2, 0.25) is 0 Å². The highest BCUT2D eigenvalue weighted by molar-refractivity contribution is 5.92. The van der Waals surface area contributed by atoms with Crippen molar-refractivity contribution in [2.45, 2.75) is 44.6 Å². The van der Waals surface area contributed by atoms with Crippen molar-refractivity contribution in [1.82, 2.24) is 4.90 Å². The summed E-state index contributed by atoms with van der Waals surface area (Å²) in [5.41, 5.74) is 6.65. The lowest BCUT2D eigenvalue weighted by atomic mass is 9.85. The molecule has 3 N–H and O–H groups in total. The largest absolute Gasteiger partial charge is 0.484 e. The normalized spacial score (nSPS) is 23.3. The predicted octanol–water partition coefficient (Wildman–Crippen LogP) is 2.14. The number of anilines is 1. The molecule has 6 nitrogen and oxygen atoms in total. The number of hydrogen-bond acceptors (Lipinski definition) is 4. The fourth-order valence-electron chi connectivity index (χ4n) is 3.58. The fraction of sp³-hybridized carbons (Fsp3) is 0.579. The van der Waals surface area contributed by atoms with Gasteiger partial charge in [-0.2, -0.15) is 0 Å². The summed E-state index contributed by atoms with van der Waals surface area (Å²) >= 11 is 0. The number of benzene rings is 1. The third kappa shape index (κ3) is 4.95. The van der Waals surface area contributed by atoms with Crippen LogP contribution in [0.25, 0.3) is 0 Å². The van der Waals surface area contributed by atoms with Crippen molar-refractivity contribution in [3.8, 4) is 5.75 Å². The highest BCUT2D eigenvalue weighted by atomic mass is 16.5. The van der Waals surface area contributed by atoms with Gasteiger partial charge in [0.05, 0.1) is 0 Å². The van der Waals surface area contributed by atoms with Crippen molar-refractivity contribution in [3.63, 3.8) is 0 Å². The van der Waals surface area contributed by atoms with E-state index in [-0.39, 0.29) is 30.4 Å². The Bertz CT molecular complexity index is 614. The molecule has 0 radical (unpaired) electrons. The summed E-state index contributed by atoms with van der Waals surface area (Å²) in [6, 6.07) is 7.32. The maximum absolute atomic E-state index is 12.4. The van der Waals surface area contributed by atoms with Gasteiger partial charge < -0.3 is 20.7 Å². The highest BCUT2D eigenvalue weighted by Crippen LogP contribution is 2.25. The molecule has 2 unspecified atom stereocenters. The lowest BCUT2D eigenvalue weighted by molar-refractivity contribution is -0.132. The second-order valence-electron chi connectivity index (χ2n) is 7.02. The van der Waals surface area contributed by atoms with Gasteiger partial charge in [-0.1, -0.05) is 12.5 Å². The number of hydrogen-bond donors (Lipinski definition) is 2. The molecule has 2 aliphatic rings. The van der Waals surface area contributed by atoms with E-state index in [9.17, 15) is 9.59 Å². The Morgan fingerprint density at radius 1 is 1.20 bits per heavy atom. The van der Waals surface area contributed by atoms with Gasteiger partial charge in [0.1, 0.15) is 5.75 Å². The van der Waals surface area contributed by atoms with Crippen LogP contribution >= 0.6 is 0 Å². The first-order valence-electron chi connectivity index (χ1n) is 9.19. The molecule has 1 aliphatic carbocycles. The van der Waals surface area contributed by atoms with Gasteiger partial charge in [0.25, 0.3) is 5.91 Å². The molecule has 0 spiro atoms. The van der Waals surface area contributed by atoms with Crippen molar-refractivity contribution in [2.75, 3.05) is 25.0 Å². The molecular weight excluding hydrogens is 318 g/mol. The molecule has 1 aromatic carbocycles. The summed E-state index contributed by atoms with van der Waals surface area (Å²) in [4.78, 5) is 26.3. The molecule has 1 saturated heterocycles. The lowest BCUT2D eigenvalue weighted by Crippen LogP contribution is -2.34. The number of nitrogens with zero attached hydrogens (tertiary/aromatic N) is 1. The third-order valence-electron chi connectivity index (χ3n) is 5.01. The van der Waals surface area contributed by atoms with Gasteiger partial charge in [0.15, 0.2) is 6.61 Å². The first-order chi connectivity index (χ1) is 12.1. The van der Waals surface area contributed by atoms with Gasteiger partial charge in [0, 0.05) is 36.8 Å². The molecule has 25 heavy (non-hydrogen) atoms. The SMILES string of the molecule is NC1CCCC(C(=O)Nc2cccc(OCC(=O)N3CCCC3)c2)C1. The molecule has 1 aliphatic heterocycles. The first kappa shape index (κ1) is 17.7. The van der Waals surface area contributed by atoms with Crippen LogP contribution in [0, 0.1) is 5.92 Å². The van der Waals surface area contributed by atoms with Gasteiger partial charge >= 0.3 is 0 Å². The topological polar surface area (TPSA) is 84.7 Å². The molecule has 1 heterocycles. The quantitative estimate of drug-likeness (QED) is 0.856. The molecule has 0 bridgehead atoms. The zero-order valence-corrected chi connectivity index (χ0v) is 14.6. The maximum Gasteiger partial charge on any atom is 0.260 e. The summed E-state index contributed by atoms with van der Waals surface area (Å²) in [5, 5.41) is 2.95. The second kappa shape index (κ2) is 8.34. The Labute approximate surface area is 148 Å². The average molecular weight is 345 g/mol. The van der Waals surface area contributed by atoms with E-state index >= 15 is 0 Å². The summed E-state index contributed by atoms with van der Waals surface area (Å²) in [5.74, 6) is 0.597. The van der Waals surface area contributed by atoms with E-state index in [1.807, 2.05) is 17.0 Å². The van der Waals surface area contributed by atoms with Gasteiger partial charge in [-0.25, -0.2) is 0 Å². The van der Waals surface area contributed by atoms with Gasteiger partial charge in [-0.05, 0) is 44.2 Å². The summed E-state index contributed by atoms with van der Waals surface area (Å²) in [6.45, 7) is 1.68. The van der Waals surface area contributed by atoms with Gasteiger partial charge in [-0.3, -0.25) is 9.59 Å². The van der Waals surface area contributed by atoms with Crippen LogP contribution < -0.4 is 15.8 Å². The zero-order valence-electron chi connectivity index (χ0n) is 14.6. The second-order valence-corrected chi connectivity index (χ2v) is 7.02. The van der Waals surface area contributed by atoms with Crippen LogP contribution in [0.5, 0.6) is 5.75 Å². The number of rotatable bonds is 5. The molecule has 6 heteroatoms. The minimum Gasteiger partial charge on any atom is -0.484 e. The Kier molecular flexibility index (Phi) is 5.91. The average Bonchev–Trinajstić information content (AvgIpc) is 3.15. The summed E-state index contributed by atoms with van der Waals surface area (Å²) in [7, 11) is 0. The van der Waals surface area contributed by atoms with E-state index in [2.05, 4.69) is 5.32 Å². The van der Waals surface area contributed by atoms with E-state index in [4.69, 9.17) is 10.5 Å². The number of nitrogens with two attached hydrogens (primary N) is 1. The third-order valence-corrected chi connectivity index (χ3v) is 5.01. The van der Waals surface area contributed by atoms with E-state index in [0.717, 1.165) is 51.6 Å². The van der Waals surface area contributed by atoms with Crippen LogP contribution in [-0.4, -0.2) is 42.5 Å². The van der Waals surface area contributed by atoms with E-state index in [0.29, 0.717) is 11.4 Å². The molecule has 1 saturated carbocycles. The smallest absolute Gasteiger partial charge is 0.260 e. The van der Waals surface area contributed by atoms with Crippen molar-refractivity contribution < 1.29 is 14.3 Å². The van der Waals surface area contributed by atoms with E-state index in [1.54, 1.807) is 12.1 Å². The summed E-state index contributed by atoms with van der Waals surface area (Å²) < 4.78 is 5.60. The summed E-state index contributed by atoms with van der Waals surface area (Å²) in [6.07, 6.45) is 5.77.